The lowest BCUT2D eigenvalue weighted by Gasteiger charge is -2.22. The first-order valence-electron chi connectivity index (χ1n) is 10.4. The van der Waals surface area contributed by atoms with Crippen LogP contribution < -0.4 is 10.1 Å². The molecular formula is C25H22ClF3N2O4. The van der Waals surface area contributed by atoms with Crippen molar-refractivity contribution in [2.45, 2.75) is 39.1 Å². The number of rotatable bonds is 7. The summed E-state index contributed by atoms with van der Waals surface area (Å²) < 4.78 is 43.7. The van der Waals surface area contributed by atoms with Crippen LogP contribution >= 0.6 is 11.6 Å². The van der Waals surface area contributed by atoms with Crippen LogP contribution in [0.3, 0.4) is 0 Å². The Morgan fingerprint density at radius 1 is 1.06 bits per heavy atom. The van der Waals surface area contributed by atoms with Crippen LogP contribution in [0, 0.1) is 6.92 Å². The van der Waals surface area contributed by atoms with Crippen molar-refractivity contribution in [3.8, 4) is 17.0 Å². The minimum atomic E-state index is -4.42. The monoisotopic (exact) mass is 506 g/mol. The first kappa shape index (κ1) is 26.0. The van der Waals surface area contributed by atoms with E-state index in [0.29, 0.717) is 28.1 Å². The molecule has 0 atom stereocenters. The highest BCUT2D eigenvalue weighted by Gasteiger charge is 2.30. The molecule has 0 bridgehead atoms. The fourth-order valence-electron chi connectivity index (χ4n) is 3.14. The molecule has 0 saturated heterocycles. The largest absolute Gasteiger partial charge is 0.478 e. The van der Waals surface area contributed by atoms with E-state index >= 15 is 0 Å². The number of carbonyl (C=O) groups is 2. The summed E-state index contributed by atoms with van der Waals surface area (Å²) >= 11 is 6.26. The number of ether oxygens (including phenoxy) is 1. The number of aliphatic carboxylic acids is 1. The first-order chi connectivity index (χ1) is 16.3. The Bertz CT molecular complexity index is 1260. The molecule has 35 heavy (non-hydrogen) atoms. The van der Waals surface area contributed by atoms with Crippen LogP contribution in [0.4, 0.5) is 13.2 Å². The lowest BCUT2D eigenvalue weighted by atomic mass is 10.1. The summed E-state index contributed by atoms with van der Waals surface area (Å²) in [5.41, 5.74) is 0.0515. The number of alkyl halides is 3. The highest BCUT2D eigenvalue weighted by Crippen LogP contribution is 2.31. The molecule has 0 unspecified atom stereocenters. The Hall–Kier alpha value is -3.59. The topological polar surface area (TPSA) is 88.5 Å². The van der Waals surface area contributed by atoms with E-state index < -0.39 is 29.2 Å². The molecule has 0 saturated carbocycles. The second-order valence-electron chi connectivity index (χ2n) is 8.26. The first-order valence-corrected chi connectivity index (χ1v) is 10.8. The Kier molecular flexibility index (Phi) is 7.40. The van der Waals surface area contributed by atoms with E-state index in [1.807, 2.05) is 0 Å². The van der Waals surface area contributed by atoms with Crippen molar-refractivity contribution in [2.75, 3.05) is 0 Å². The van der Waals surface area contributed by atoms with Gasteiger partial charge in [-0.3, -0.25) is 9.78 Å². The molecule has 3 rings (SSSR count). The number of pyridine rings is 1. The zero-order chi connectivity index (χ0) is 26.0. The maximum atomic E-state index is 12.8. The van der Waals surface area contributed by atoms with Crippen molar-refractivity contribution >= 4 is 23.5 Å². The van der Waals surface area contributed by atoms with E-state index in [-0.39, 0.29) is 17.3 Å². The minimum Gasteiger partial charge on any atom is -0.478 e. The number of aromatic nitrogens is 1. The number of benzene rings is 2. The van der Waals surface area contributed by atoms with Crippen molar-refractivity contribution in [1.82, 2.24) is 10.3 Å². The fourth-order valence-corrected chi connectivity index (χ4v) is 3.37. The summed E-state index contributed by atoms with van der Waals surface area (Å²) in [5.74, 6) is -1.26. The van der Waals surface area contributed by atoms with Crippen molar-refractivity contribution in [3.63, 3.8) is 0 Å². The average molecular weight is 507 g/mol. The van der Waals surface area contributed by atoms with Gasteiger partial charge < -0.3 is 15.2 Å². The van der Waals surface area contributed by atoms with Crippen LogP contribution in [0.25, 0.3) is 11.3 Å². The number of hydrogen-bond acceptors (Lipinski definition) is 4. The molecule has 0 aliphatic heterocycles. The Morgan fingerprint density at radius 2 is 1.71 bits per heavy atom. The van der Waals surface area contributed by atoms with E-state index in [4.69, 9.17) is 16.3 Å². The van der Waals surface area contributed by atoms with Gasteiger partial charge in [-0.2, -0.15) is 13.2 Å². The number of aryl methyl sites for hydroxylation is 1. The van der Waals surface area contributed by atoms with Crippen molar-refractivity contribution < 1.29 is 32.6 Å². The number of hydrogen-bond donors (Lipinski definition) is 2. The van der Waals surface area contributed by atoms with Gasteiger partial charge in [0, 0.05) is 17.1 Å². The Morgan fingerprint density at radius 3 is 2.26 bits per heavy atom. The molecule has 2 N–H and O–H groups in total. The van der Waals surface area contributed by atoms with Gasteiger partial charge in [-0.25, -0.2) is 4.79 Å². The highest BCUT2D eigenvalue weighted by molar-refractivity contribution is 6.31. The molecular weight excluding hydrogens is 485 g/mol. The molecule has 0 spiro atoms. The molecule has 2 aromatic carbocycles. The lowest BCUT2D eigenvalue weighted by Crippen LogP contribution is -2.37. The number of nitrogens with one attached hydrogen (secondary N) is 1. The molecule has 10 heteroatoms. The number of carbonyl (C=O) groups excluding carboxylic acids is 1. The smallest absolute Gasteiger partial charge is 0.416 e. The predicted molar refractivity (Wildman–Crippen MR) is 124 cm³/mol. The van der Waals surface area contributed by atoms with Gasteiger partial charge >= 0.3 is 12.1 Å². The van der Waals surface area contributed by atoms with Crippen LogP contribution in [0.1, 0.15) is 41.0 Å². The molecule has 1 heterocycles. The standard InChI is InChI=1S/C25H22ClF3N2O4/c1-14-19(10-11-21(31-14)15-4-7-17(8-5-15)25(27,28)29)22(32)30-13-16-6-9-18(12-20(16)26)35-24(2,3)23(33)34/h4-12H,13H2,1-3H3,(H,30,32)(H,33,34). The molecule has 6 nitrogen and oxygen atoms in total. The van der Waals surface area contributed by atoms with Crippen molar-refractivity contribution in [1.29, 1.82) is 0 Å². The van der Waals surface area contributed by atoms with Crippen LogP contribution in [0.15, 0.2) is 54.6 Å². The van der Waals surface area contributed by atoms with Crippen LogP contribution in [0.2, 0.25) is 5.02 Å². The van der Waals surface area contributed by atoms with Crippen LogP contribution in [-0.2, 0) is 17.5 Å². The van der Waals surface area contributed by atoms with Gasteiger partial charge in [-0.15, -0.1) is 0 Å². The molecule has 184 valence electrons. The summed E-state index contributed by atoms with van der Waals surface area (Å²) in [6, 6.07) is 12.4. The average Bonchev–Trinajstić information content (AvgIpc) is 2.77. The van der Waals surface area contributed by atoms with Gasteiger partial charge in [0.1, 0.15) is 5.75 Å². The second kappa shape index (κ2) is 9.95. The molecule has 0 aliphatic carbocycles. The van der Waals surface area contributed by atoms with Crippen molar-refractivity contribution in [2.24, 2.45) is 0 Å². The van der Waals surface area contributed by atoms with Crippen molar-refractivity contribution in [3.05, 3.63) is 82.0 Å². The molecule has 0 aliphatic rings. The minimum absolute atomic E-state index is 0.0976. The predicted octanol–water partition coefficient (Wildman–Crippen LogP) is 5.90. The molecule has 1 amide bonds. The quantitative estimate of drug-likeness (QED) is 0.416. The van der Waals surface area contributed by atoms with E-state index in [1.54, 1.807) is 31.2 Å². The number of carboxylic acid groups (broad SMARTS) is 1. The molecule has 0 radical (unpaired) electrons. The SMILES string of the molecule is Cc1nc(-c2ccc(C(F)(F)F)cc2)ccc1C(=O)NCc1ccc(OC(C)(C)C(=O)O)cc1Cl. The van der Waals surface area contributed by atoms with Gasteiger partial charge in [0.15, 0.2) is 5.60 Å². The van der Waals surface area contributed by atoms with E-state index in [2.05, 4.69) is 10.3 Å². The maximum Gasteiger partial charge on any atom is 0.416 e. The molecule has 0 fully saturated rings. The van der Waals surface area contributed by atoms with Gasteiger partial charge in [-0.05, 0) is 62.7 Å². The van der Waals surface area contributed by atoms with Gasteiger partial charge in [0.25, 0.3) is 5.91 Å². The van der Waals surface area contributed by atoms with Gasteiger partial charge in [0.05, 0.1) is 22.5 Å². The summed E-state index contributed by atoms with van der Waals surface area (Å²) in [7, 11) is 0. The van der Waals surface area contributed by atoms with Crippen LogP contribution in [0.5, 0.6) is 5.75 Å². The highest BCUT2D eigenvalue weighted by atomic mass is 35.5. The molecule has 3 aromatic rings. The van der Waals surface area contributed by atoms with Crippen LogP contribution in [-0.4, -0.2) is 27.6 Å². The summed E-state index contributed by atoms with van der Waals surface area (Å²) in [6.45, 7) is 4.55. The maximum absolute atomic E-state index is 12.8. The number of nitrogens with zero attached hydrogens (tertiary/aromatic N) is 1. The third kappa shape index (κ3) is 6.30. The normalized spacial score (nSPS) is 11.7. The fraction of sp³-hybridized carbons (Fsp3) is 0.240. The number of carboxylic acids is 1. The summed E-state index contributed by atoms with van der Waals surface area (Å²) in [6.07, 6.45) is -4.42. The second-order valence-corrected chi connectivity index (χ2v) is 8.67. The van der Waals surface area contributed by atoms with E-state index in [9.17, 15) is 27.9 Å². The Balaban J connectivity index is 1.68. The Labute approximate surface area is 204 Å². The zero-order valence-corrected chi connectivity index (χ0v) is 19.8. The number of amides is 1. The van der Waals surface area contributed by atoms with E-state index in [1.165, 1.54) is 32.0 Å². The summed E-state index contributed by atoms with van der Waals surface area (Å²) in [4.78, 5) is 28.2. The third-order valence-corrected chi connectivity index (χ3v) is 5.54. The zero-order valence-electron chi connectivity index (χ0n) is 19.0. The molecule has 1 aromatic heterocycles. The summed E-state index contributed by atoms with van der Waals surface area (Å²) in [5, 5.41) is 12.2. The third-order valence-electron chi connectivity index (χ3n) is 5.19. The van der Waals surface area contributed by atoms with Gasteiger partial charge in [0.2, 0.25) is 0 Å². The van der Waals surface area contributed by atoms with E-state index in [0.717, 1.165) is 12.1 Å². The van der Waals surface area contributed by atoms with Gasteiger partial charge in [-0.1, -0.05) is 29.8 Å². The number of halogens is 4. The lowest BCUT2D eigenvalue weighted by molar-refractivity contribution is -0.152.